The van der Waals surface area contributed by atoms with E-state index >= 15 is 0 Å². The Morgan fingerprint density at radius 1 is 1.07 bits per heavy atom. The van der Waals surface area contributed by atoms with Gasteiger partial charge < -0.3 is 19.5 Å². The molecule has 7 nitrogen and oxygen atoms in total. The minimum atomic E-state index is -4.59. The number of ether oxygens (including phenoxy) is 2. The number of carbonyl (C=O) groups excluding carboxylic acids is 1. The highest BCUT2D eigenvalue weighted by atomic mass is 35.5. The van der Waals surface area contributed by atoms with Crippen molar-refractivity contribution in [2.24, 2.45) is 11.8 Å². The topological polar surface area (TPSA) is 79.3 Å². The molecule has 1 saturated carbocycles. The van der Waals surface area contributed by atoms with E-state index in [-0.39, 0.29) is 65.8 Å². The molecule has 0 bridgehead atoms. The van der Waals surface area contributed by atoms with Gasteiger partial charge in [0.15, 0.2) is 6.73 Å². The molecule has 3 aliphatic heterocycles. The number of piperidine rings is 1. The zero-order valence-corrected chi connectivity index (χ0v) is 23.5. The maximum Gasteiger partial charge on any atom is 0.416 e. The summed E-state index contributed by atoms with van der Waals surface area (Å²) in [5, 5.41) is 9.86. The molecule has 4 aliphatic rings. The fourth-order valence-corrected chi connectivity index (χ4v) is 7.13. The minimum absolute atomic E-state index is 0.00780. The largest absolute Gasteiger partial charge is 0.481 e. The van der Waals surface area contributed by atoms with Crippen LogP contribution in [0.2, 0.25) is 5.02 Å². The standard InChI is InChI=1S/C30H31ClF4N2O5/c31-25-12-20(30(33,34)35)11-18-13-37(16-41-26(18)25)28(40)29(19-3-4-19)9-7-22(15-42-29)36-10-8-23(24(14-36)27(38)39)17-1-5-21(32)6-2-17/h1-2,5-6,11-12,19,22-24H,3-4,7-10,13-16H2,(H,38,39)/t22?,23-,24+,29-/m0/s1. The molecule has 1 unspecified atom stereocenters. The Hall–Kier alpha value is -2.89. The Morgan fingerprint density at radius 2 is 1.81 bits per heavy atom. The van der Waals surface area contributed by atoms with E-state index in [0.29, 0.717) is 32.4 Å². The van der Waals surface area contributed by atoms with E-state index in [4.69, 9.17) is 21.1 Å². The maximum absolute atomic E-state index is 13.9. The van der Waals surface area contributed by atoms with Crippen LogP contribution in [0, 0.1) is 17.7 Å². The van der Waals surface area contributed by atoms with E-state index in [1.807, 2.05) is 0 Å². The molecule has 3 heterocycles. The molecule has 6 rings (SSSR count). The Kier molecular flexibility index (Phi) is 7.64. The quantitative estimate of drug-likeness (QED) is 0.438. The molecule has 42 heavy (non-hydrogen) atoms. The number of carboxylic acids is 1. The summed E-state index contributed by atoms with van der Waals surface area (Å²) in [6.07, 6.45) is -1.33. The number of amides is 1. The Bertz CT molecular complexity index is 1360. The zero-order chi connectivity index (χ0) is 29.8. The van der Waals surface area contributed by atoms with Crippen LogP contribution in [0.25, 0.3) is 0 Å². The number of hydrogen-bond donors (Lipinski definition) is 1. The van der Waals surface area contributed by atoms with Crippen molar-refractivity contribution < 1.29 is 41.7 Å². The van der Waals surface area contributed by atoms with E-state index in [1.54, 1.807) is 12.1 Å². The first-order valence-corrected chi connectivity index (χ1v) is 14.5. The second kappa shape index (κ2) is 11.0. The molecular formula is C30H31ClF4N2O5. The van der Waals surface area contributed by atoms with E-state index < -0.39 is 29.2 Å². The molecule has 1 aliphatic carbocycles. The molecule has 0 radical (unpaired) electrons. The van der Waals surface area contributed by atoms with Gasteiger partial charge in [-0.2, -0.15) is 13.2 Å². The first-order chi connectivity index (χ1) is 20.0. The molecule has 4 atom stereocenters. The molecule has 1 amide bonds. The number of nitrogens with zero attached hydrogens (tertiary/aromatic N) is 2. The molecule has 226 valence electrons. The molecule has 0 aromatic heterocycles. The number of hydrogen-bond acceptors (Lipinski definition) is 5. The highest BCUT2D eigenvalue weighted by Crippen LogP contribution is 2.49. The molecule has 3 fully saturated rings. The van der Waals surface area contributed by atoms with Gasteiger partial charge in [-0.3, -0.25) is 14.5 Å². The summed E-state index contributed by atoms with van der Waals surface area (Å²) >= 11 is 6.08. The number of alkyl halides is 3. The van der Waals surface area contributed by atoms with Crippen molar-refractivity contribution in [1.29, 1.82) is 0 Å². The molecule has 2 saturated heterocycles. The van der Waals surface area contributed by atoms with Crippen LogP contribution in [0.5, 0.6) is 5.75 Å². The van der Waals surface area contributed by atoms with Crippen LogP contribution in [0.3, 0.4) is 0 Å². The first-order valence-electron chi connectivity index (χ1n) is 14.1. The smallest absolute Gasteiger partial charge is 0.416 e. The predicted molar refractivity (Wildman–Crippen MR) is 143 cm³/mol. The summed E-state index contributed by atoms with van der Waals surface area (Å²) in [5.41, 5.74) is -1.00. The fraction of sp³-hybridized carbons (Fsp3) is 0.533. The Balaban J connectivity index is 1.14. The molecule has 12 heteroatoms. The summed E-state index contributed by atoms with van der Waals surface area (Å²) in [6.45, 7) is 0.981. The van der Waals surface area contributed by atoms with E-state index in [2.05, 4.69) is 4.90 Å². The SMILES string of the molecule is O=C(O)[C@@H]1CN(C2CC[C@@](C(=O)N3COc4c(Cl)cc(C(F)(F)F)cc4C3)(C3CC3)OC2)CC[C@H]1c1ccc(F)cc1. The van der Waals surface area contributed by atoms with Gasteiger partial charge in [-0.05, 0) is 80.3 Å². The molecule has 2 aromatic carbocycles. The Morgan fingerprint density at radius 3 is 2.43 bits per heavy atom. The molecule has 1 N–H and O–H groups in total. The van der Waals surface area contributed by atoms with Crippen molar-refractivity contribution >= 4 is 23.5 Å². The lowest BCUT2D eigenvalue weighted by Gasteiger charge is -2.47. The second-order valence-corrected chi connectivity index (χ2v) is 12.2. The number of halogens is 5. The number of benzene rings is 2. The van der Waals surface area contributed by atoms with Gasteiger partial charge in [-0.1, -0.05) is 23.7 Å². The Labute approximate surface area is 245 Å². The molecule has 0 spiro atoms. The molecule has 2 aromatic rings. The van der Waals surface area contributed by atoms with Gasteiger partial charge in [0.1, 0.15) is 17.2 Å². The lowest BCUT2D eigenvalue weighted by molar-refractivity contribution is -0.181. The van der Waals surface area contributed by atoms with Crippen LogP contribution < -0.4 is 4.74 Å². The van der Waals surface area contributed by atoms with Crippen molar-refractivity contribution in [2.45, 2.75) is 62.4 Å². The number of carbonyl (C=O) groups is 2. The van der Waals surface area contributed by atoms with Crippen LogP contribution >= 0.6 is 11.6 Å². The lowest BCUT2D eigenvalue weighted by Crippen LogP contribution is -2.59. The van der Waals surface area contributed by atoms with Crippen LogP contribution in [0.4, 0.5) is 17.6 Å². The van der Waals surface area contributed by atoms with Crippen molar-refractivity contribution in [1.82, 2.24) is 9.80 Å². The van der Waals surface area contributed by atoms with E-state index in [1.165, 1.54) is 17.0 Å². The lowest BCUT2D eigenvalue weighted by atomic mass is 9.79. The van der Waals surface area contributed by atoms with Gasteiger partial charge in [0.2, 0.25) is 0 Å². The van der Waals surface area contributed by atoms with Gasteiger partial charge in [-0.15, -0.1) is 0 Å². The fourth-order valence-electron chi connectivity index (χ4n) is 6.84. The van der Waals surface area contributed by atoms with Crippen molar-refractivity contribution in [2.75, 3.05) is 26.4 Å². The highest BCUT2D eigenvalue weighted by molar-refractivity contribution is 6.32. The highest BCUT2D eigenvalue weighted by Gasteiger charge is 2.56. The average molecular weight is 611 g/mol. The van der Waals surface area contributed by atoms with Gasteiger partial charge >= 0.3 is 12.1 Å². The van der Waals surface area contributed by atoms with Gasteiger partial charge in [-0.25, -0.2) is 4.39 Å². The number of likely N-dealkylation sites (tertiary alicyclic amines) is 1. The third-order valence-electron chi connectivity index (χ3n) is 9.22. The van der Waals surface area contributed by atoms with Crippen LogP contribution in [-0.2, 0) is 27.0 Å². The average Bonchev–Trinajstić information content (AvgIpc) is 3.82. The van der Waals surface area contributed by atoms with E-state index in [9.17, 15) is 32.3 Å². The summed E-state index contributed by atoms with van der Waals surface area (Å²) < 4.78 is 65.7. The summed E-state index contributed by atoms with van der Waals surface area (Å²) in [7, 11) is 0. The summed E-state index contributed by atoms with van der Waals surface area (Å²) in [4.78, 5) is 29.7. The van der Waals surface area contributed by atoms with Crippen molar-refractivity contribution in [3.63, 3.8) is 0 Å². The number of carboxylic acid groups (broad SMARTS) is 1. The van der Waals surface area contributed by atoms with Crippen LogP contribution in [0.1, 0.15) is 54.7 Å². The third-order valence-corrected chi connectivity index (χ3v) is 9.50. The first kappa shape index (κ1) is 29.2. The second-order valence-electron chi connectivity index (χ2n) is 11.8. The molecular weight excluding hydrogens is 580 g/mol. The van der Waals surface area contributed by atoms with Crippen molar-refractivity contribution in [3.05, 3.63) is 63.9 Å². The number of fused-ring (bicyclic) bond motifs is 1. The van der Waals surface area contributed by atoms with Crippen molar-refractivity contribution in [3.8, 4) is 5.75 Å². The normalized spacial score (nSPS) is 28.6. The number of aliphatic carboxylic acids is 1. The predicted octanol–water partition coefficient (Wildman–Crippen LogP) is 5.69. The zero-order valence-electron chi connectivity index (χ0n) is 22.7. The van der Waals surface area contributed by atoms with Crippen LogP contribution in [-0.4, -0.2) is 64.9 Å². The maximum atomic E-state index is 13.9. The monoisotopic (exact) mass is 610 g/mol. The van der Waals surface area contributed by atoms with Gasteiger partial charge in [0.25, 0.3) is 5.91 Å². The summed E-state index contributed by atoms with van der Waals surface area (Å²) in [6, 6.07) is 7.70. The van der Waals surface area contributed by atoms with Gasteiger partial charge in [0, 0.05) is 18.2 Å². The van der Waals surface area contributed by atoms with E-state index in [0.717, 1.165) is 30.5 Å². The van der Waals surface area contributed by atoms with Gasteiger partial charge in [0.05, 0.1) is 29.7 Å². The van der Waals surface area contributed by atoms with Crippen LogP contribution in [0.15, 0.2) is 36.4 Å². The summed E-state index contributed by atoms with van der Waals surface area (Å²) in [5.74, 6) is -2.33. The minimum Gasteiger partial charge on any atom is -0.481 e. The number of rotatable bonds is 5. The third kappa shape index (κ3) is 5.46.